The number of anilines is 2. The Balaban J connectivity index is 2.21. The van der Waals surface area contributed by atoms with Gasteiger partial charge in [0, 0.05) is 19.4 Å². The number of rotatable bonds is 7. The number of methoxy groups -OCH3 is 2. The topological polar surface area (TPSA) is 85.6 Å². The highest BCUT2D eigenvalue weighted by molar-refractivity contribution is 5.95. The molecule has 112 valence electrons. The summed E-state index contributed by atoms with van der Waals surface area (Å²) in [6.07, 6.45) is 3.41. The van der Waals surface area contributed by atoms with Crippen molar-refractivity contribution in [2.45, 2.75) is 6.54 Å². The van der Waals surface area contributed by atoms with Gasteiger partial charge in [-0.05, 0) is 12.1 Å². The average molecular weight is 291 g/mol. The molecule has 2 N–H and O–H groups in total. The number of hydrogen-bond acceptors (Lipinski definition) is 5. The van der Waals surface area contributed by atoms with E-state index in [9.17, 15) is 9.90 Å². The van der Waals surface area contributed by atoms with Gasteiger partial charge in [-0.15, -0.1) is 0 Å². The molecular weight excluding hydrogens is 274 g/mol. The fraction of sp³-hybridized carbons (Fsp3) is 0.286. The molecule has 0 unspecified atom stereocenters. The molecule has 1 aromatic heterocycles. The third-order valence-electron chi connectivity index (χ3n) is 2.89. The lowest BCUT2D eigenvalue weighted by Gasteiger charge is -2.09. The minimum absolute atomic E-state index is 0.167. The van der Waals surface area contributed by atoms with E-state index in [-0.39, 0.29) is 5.56 Å². The van der Waals surface area contributed by atoms with Gasteiger partial charge in [-0.25, -0.2) is 4.79 Å². The number of carboxylic acids is 1. The van der Waals surface area contributed by atoms with Crippen molar-refractivity contribution in [2.75, 3.05) is 26.1 Å². The largest absolute Gasteiger partial charge is 0.497 e. The highest BCUT2D eigenvalue weighted by atomic mass is 16.5. The normalized spacial score (nSPS) is 10.4. The van der Waals surface area contributed by atoms with Crippen LogP contribution in [0, 0.1) is 0 Å². The molecule has 0 saturated heterocycles. The average Bonchev–Trinajstić information content (AvgIpc) is 2.92. The minimum Gasteiger partial charge on any atom is -0.497 e. The summed E-state index contributed by atoms with van der Waals surface area (Å²) in [5.41, 5.74) is 1.32. The lowest BCUT2D eigenvalue weighted by atomic mass is 10.1. The Morgan fingerprint density at radius 3 is 2.90 bits per heavy atom. The van der Waals surface area contributed by atoms with Crippen LogP contribution in [-0.4, -0.2) is 41.7 Å². The first kappa shape index (κ1) is 14.9. The third-order valence-corrected chi connectivity index (χ3v) is 2.89. The fourth-order valence-electron chi connectivity index (χ4n) is 1.83. The van der Waals surface area contributed by atoms with Gasteiger partial charge in [0.1, 0.15) is 5.75 Å². The van der Waals surface area contributed by atoms with Gasteiger partial charge in [0.15, 0.2) is 0 Å². The number of ether oxygens (including phenoxy) is 2. The first-order valence-corrected chi connectivity index (χ1v) is 6.34. The van der Waals surface area contributed by atoms with Gasteiger partial charge < -0.3 is 19.9 Å². The fourth-order valence-corrected chi connectivity index (χ4v) is 1.83. The van der Waals surface area contributed by atoms with Gasteiger partial charge in [-0.3, -0.25) is 4.68 Å². The molecule has 2 rings (SSSR count). The minimum atomic E-state index is -1.01. The highest BCUT2D eigenvalue weighted by Crippen LogP contribution is 2.25. The van der Waals surface area contributed by atoms with E-state index in [1.807, 2.05) is 0 Å². The summed E-state index contributed by atoms with van der Waals surface area (Å²) in [4.78, 5) is 11.2. The van der Waals surface area contributed by atoms with Gasteiger partial charge in [0.25, 0.3) is 0 Å². The van der Waals surface area contributed by atoms with Crippen molar-refractivity contribution in [1.82, 2.24) is 9.78 Å². The molecule has 7 heteroatoms. The molecule has 0 amide bonds. The second-order valence-corrected chi connectivity index (χ2v) is 4.33. The lowest BCUT2D eigenvalue weighted by Crippen LogP contribution is -2.04. The number of benzene rings is 1. The van der Waals surface area contributed by atoms with Crippen molar-refractivity contribution < 1.29 is 19.4 Å². The number of carbonyl (C=O) groups is 1. The van der Waals surface area contributed by atoms with Crippen LogP contribution in [0.25, 0.3) is 0 Å². The van der Waals surface area contributed by atoms with Crippen molar-refractivity contribution >= 4 is 17.3 Å². The molecule has 0 saturated carbocycles. The maximum absolute atomic E-state index is 11.2. The van der Waals surface area contributed by atoms with E-state index in [4.69, 9.17) is 9.47 Å². The molecule has 0 fully saturated rings. The van der Waals surface area contributed by atoms with Crippen molar-refractivity contribution in [3.05, 3.63) is 36.2 Å². The molecule has 2 aromatic rings. The number of nitrogens with one attached hydrogen (secondary N) is 1. The van der Waals surface area contributed by atoms with Crippen molar-refractivity contribution in [3.8, 4) is 5.75 Å². The molecule has 1 heterocycles. The van der Waals surface area contributed by atoms with E-state index in [0.29, 0.717) is 30.3 Å². The predicted octanol–water partition coefficient (Wildman–Crippen LogP) is 1.98. The van der Waals surface area contributed by atoms with E-state index in [0.717, 1.165) is 0 Å². The van der Waals surface area contributed by atoms with Crippen LogP contribution in [0.5, 0.6) is 5.75 Å². The smallest absolute Gasteiger partial charge is 0.337 e. The van der Waals surface area contributed by atoms with Crippen LogP contribution in [0.4, 0.5) is 11.4 Å². The molecular formula is C14H17N3O4. The molecule has 0 aliphatic heterocycles. The Hall–Kier alpha value is -2.54. The van der Waals surface area contributed by atoms with Gasteiger partial charge in [-0.2, -0.15) is 5.10 Å². The molecule has 7 nitrogen and oxygen atoms in total. The number of aromatic carboxylic acids is 1. The first-order chi connectivity index (χ1) is 10.1. The Morgan fingerprint density at radius 1 is 1.43 bits per heavy atom. The zero-order valence-corrected chi connectivity index (χ0v) is 11.9. The lowest BCUT2D eigenvalue weighted by molar-refractivity contribution is 0.0698. The van der Waals surface area contributed by atoms with Crippen LogP contribution in [0.15, 0.2) is 30.6 Å². The van der Waals surface area contributed by atoms with Crippen LogP contribution in [0.2, 0.25) is 0 Å². The van der Waals surface area contributed by atoms with Crippen LogP contribution >= 0.6 is 0 Å². The summed E-state index contributed by atoms with van der Waals surface area (Å²) < 4.78 is 11.8. The maximum atomic E-state index is 11.2. The van der Waals surface area contributed by atoms with Crippen molar-refractivity contribution in [2.24, 2.45) is 0 Å². The van der Waals surface area contributed by atoms with Gasteiger partial charge >= 0.3 is 5.97 Å². The summed E-state index contributed by atoms with van der Waals surface area (Å²) in [5, 5.41) is 16.4. The second kappa shape index (κ2) is 6.76. The zero-order chi connectivity index (χ0) is 15.2. The third kappa shape index (κ3) is 3.73. The number of aromatic nitrogens is 2. The summed E-state index contributed by atoms with van der Waals surface area (Å²) in [7, 11) is 3.15. The first-order valence-electron chi connectivity index (χ1n) is 6.34. The zero-order valence-electron chi connectivity index (χ0n) is 11.9. The maximum Gasteiger partial charge on any atom is 0.337 e. The van der Waals surface area contributed by atoms with Crippen LogP contribution in [-0.2, 0) is 11.3 Å². The van der Waals surface area contributed by atoms with Gasteiger partial charge in [-0.1, -0.05) is 0 Å². The Morgan fingerprint density at radius 2 is 2.24 bits per heavy atom. The molecule has 0 aliphatic rings. The van der Waals surface area contributed by atoms with Crippen LogP contribution in [0.1, 0.15) is 10.4 Å². The molecule has 0 spiro atoms. The van der Waals surface area contributed by atoms with Crippen LogP contribution in [0.3, 0.4) is 0 Å². The Labute approximate surface area is 122 Å². The predicted molar refractivity (Wildman–Crippen MR) is 77.3 cm³/mol. The molecule has 1 aromatic carbocycles. The van der Waals surface area contributed by atoms with Crippen molar-refractivity contribution in [1.29, 1.82) is 0 Å². The number of nitrogens with zero attached hydrogens (tertiary/aromatic N) is 2. The molecule has 0 radical (unpaired) electrons. The van der Waals surface area contributed by atoms with E-state index in [1.165, 1.54) is 13.2 Å². The standard InChI is InChI=1S/C14H17N3O4/c1-20-6-5-17-9-10(8-15-17)16-13-7-11(21-2)3-4-12(13)14(18)19/h3-4,7-9,16H,5-6H2,1-2H3,(H,18,19). The highest BCUT2D eigenvalue weighted by Gasteiger charge is 2.12. The molecule has 0 aliphatic carbocycles. The Bertz CT molecular complexity index is 624. The molecule has 0 bridgehead atoms. The summed E-state index contributed by atoms with van der Waals surface area (Å²) in [6.45, 7) is 1.18. The number of hydrogen-bond donors (Lipinski definition) is 2. The van der Waals surface area contributed by atoms with E-state index in [1.54, 1.807) is 36.3 Å². The number of carboxylic acid groups (broad SMARTS) is 1. The Kier molecular flexibility index (Phi) is 4.78. The van der Waals surface area contributed by atoms with Gasteiger partial charge in [0.05, 0.1) is 43.4 Å². The summed E-state index contributed by atoms with van der Waals surface area (Å²) in [6, 6.07) is 4.74. The molecule has 0 atom stereocenters. The SMILES string of the molecule is COCCn1cc(Nc2cc(OC)ccc2C(=O)O)cn1. The van der Waals surface area contributed by atoms with Crippen molar-refractivity contribution in [3.63, 3.8) is 0 Å². The summed E-state index contributed by atoms with van der Waals surface area (Å²) in [5.74, 6) is -0.429. The monoisotopic (exact) mass is 291 g/mol. The van der Waals surface area contributed by atoms with E-state index < -0.39 is 5.97 Å². The molecule has 21 heavy (non-hydrogen) atoms. The quantitative estimate of drug-likeness (QED) is 0.811. The van der Waals surface area contributed by atoms with E-state index >= 15 is 0 Å². The van der Waals surface area contributed by atoms with Gasteiger partial charge in [0.2, 0.25) is 0 Å². The summed E-state index contributed by atoms with van der Waals surface area (Å²) >= 11 is 0. The second-order valence-electron chi connectivity index (χ2n) is 4.33. The van der Waals surface area contributed by atoms with Crippen LogP contribution < -0.4 is 10.1 Å². The van der Waals surface area contributed by atoms with E-state index in [2.05, 4.69) is 10.4 Å².